The molecule has 0 bridgehead atoms. The number of halogens is 3. The summed E-state index contributed by atoms with van der Waals surface area (Å²) in [6.07, 6.45) is -2.58. The molecule has 5 heteroatoms. The van der Waals surface area contributed by atoms with E-state index < -0.39 is 23.1 Å². The first-order chi connectivity index (χ1) is 9.32. The zero-order chi connectivity index (χ0) is 14.9. The number of rotatable bonds is 2. The van der Waals surface area contributed by atoms with Crippen molar-refractivity contribution in [2.75, 3.05) is 0 Å². The molecule has 0 spiro atoms. The molecule has 20 heavy (non-hydrogen) atoms. The fourth-order valence-electron chi connectivity index (χ4n) is 1.96. The molecule has 0 aliphatic rings. The van der Waals surface area contributed by atoms with Crippen molar-refractivity contribution in [1.29, 1.82) is 0 Å². The summed E-state index contributed by atoms with van der Waals surface area (Å²) in [7, 11) is 0. The van der Waals surface area contributed by atoms with Crippen LogP contribution < -0.4 is 0 Å². The molecule has 0 aliphatic carbocycles. The molecule has 1 aromatic carbocycles. The third-order valence-electron chi connectivity index (χ3n) is 3.22. The minimum atomic E-state index is -4.58. The summed E-state index contributed by atoms with van der Waals surface area (Å²) < 4.78 is 38.8. The molecule has 1 aromatic heterocycles. The second-order valence-electron chi connectivity index (χ2n) is 4.50. The number of ketones is 1. The molecule has 0 amide bonds. The SMILES string of the molecule is Cc1cccc(C(=O)c2cnccc2C(F)(F)F)c1C. The van der Waals surface area contributed by atoms with Gasteiger partial charge in [0.25, 0.3) is 0 Å². The predicted molar refractivity (Wildman–Crippen MR) is 68.6 cm³/mol. The van der Waals surface area contributed by atoms with Crippen molar-refractivity contribution in [3.8, 4) is 0 Å². The van der Waals surface area contributed by atoms with E-state index in [0.717, 1.165) is 24.0 Å². The van der Waals surface area contributed by atoms with E-state index in [1.165, 1.54) is 6.07 Å². The maximum absolute atomic E-state index is 12.9. The largest absolute Gasteiger partial charge is 0.417 e. The Morgan fingerprint density at radius 3 is 2.45 bits per heavy atom. The van der Waals surface area contributed by atoms with Crippen molar-refractivity contribution >= 4 is 5.78 Å². The highest BCUT2D eigenvalue weighted by Crippen LogP contribution is 2.32. The van der Waals surface area contributed by atoms with Gasteiger partial charge in [0.1, 0.15) is 0 Å². The van der Waals surface area contributed by atoms with Gasteiger partial charge in [-0.25, -0.2) is 0 Å². The second kappa shape index (κ2) is 5.07. The molecule has 0 atom stereocenters. The standard InChI is InChI=1S/C15H12F3NO/c1-9-4-3-5-11(10(9)2)14(20)12-8-19-7-6-13(12)15(16,17)18/h3-8H,1-2H3. The van der Waals surface area contributed by atoms with Crippen LogP contribution in [0.5, 0.6) is 0 Å². The zero-order valence-corrected chi connectivity index (χ0v) is 11.0. The summed E-state index contributed by atoms with van der Waals surface area (Å²) >= 11 is 0. The number of aryl methyl sites for hydroxylation is 1. The van der Waals surface area contributed by atoms with E-state index in [1.54, 1.807) is 26.0 Å². The average molecular weight is 279 g/mol. The first kappa shape index (κ1) is 14.2. The molecule has 0 fully saturated rings. The third kappa shape index (κ3) is 2.57. The van der Waals surface area contributed by atoms with E-state index in [2.05, 4.69) is 4.98 Å². The van der Waals surface area contributed by atoms with Gasteiger partial charge in [0.15, 0.2) is 5.78 Å². The Hall–Kier alpha value is -2.17. The first-order valence-corrected chi connectivity index (χ1v) is 5.94. The molecular formula is C15H12F3NO. The second-order valence-corrected chi connectivity index (χ2v) is 4.50. The zero-order valence-electron chi connectivity index (χ0n) is 11.0. The smallest absolute Gasteiger partial charge is 0.289 e. The normalized spacial score (nSPS) is 11.4. The lowest BCUT2D eigenvalue weighted by Crippen LogP contribution is -2.15. The molecule has 2 nitrogen and oxygen atoms in total. The lowest BCUT2D eigenvalue weighted by molar-refractivity contribution is -0.137. The Kier molecular flexibility index (Phi) is 3.61. The Morgan fingerprint density at radius 1 is 1.10 bits per heavy atom. The molecule has 2 aromatic rings. The van der Waals surface area contributed by atoms with Crippen LogP contribution in [0, 0.1) is 13.8 Å². The molecule has 0 aliphatic heterocycles. The van der Waals surface area contributed by atoms with Crippen LogP contribution in [-0.2, 0) is 6.18 Å². The summed E-state index contributed by atoms with van der Waals surface area (Å²) in [6.45, 7) is 3.52. The van der Waals surface area contributed by atoms with Crippen LogP contribution in [0.2, 0.25) is 0 Å². The van der Waals surface area contributed by atoms with Crippen LogP contribution in [0.15, 0.2) is 36.7 Å². The highest BCUT2D eigenvalue weighted by molar-refractivity contribution is 6.10. The number of aromatic nitrogens is 1. The number of benzene rings is 1. The van der Waals surface area contributed by atoms with Gasteiger partial charge in [-0.2, -0.15) is 13.2 Å². The number of hydrogen-bond acceptors (Lipinski definition) is 2. The topological polar surface area (TPSA) is 30.0 Å². The molecule has 0 saturated heterocycles. The van der Waals surface area contributed by atoms with E-state index >= 15 is 0 Å². The van der Waals surface area contributed by atoms with Crippen LogP contribution >= 0.6 is 0 Å². The van der Waals surface area contributed by atoms with E-state index in [4.69, 9.17) is 0 Å². The van der Waals surface area contributed by atoms with Gasteiger partial charge in [0, 0.05) is 18.0 Å². The molecule has 1 heterocycles. The van der Waals surface area contributed by atoms with Crippen molar-refractivity contribution in [1.82, 2.24) is 4.98 Å². The Morgan fingerprint density at radius 2 is 1.80 bits per heavy atom. The molecule has 0 N–H and O–H groups in total. The number of carbonyl (C=O) groups is 1. The summed E-state index contributed by atoms with van der Waals surface area (Å²) in [5, 5.41) is 0. The fraction of sp³-hybridized carbons (Fsp3) is 0.200. The summed E-state index contributed by atoms with van der Waals surface area (Å²) in [5.41, 5.74) is 0.415. The van der Waals surface area contributed by atoms with E-state index in [1.807, 2.05) is 0 Å². The van der Waals surface area contributed by atoms with E-state index in [-0.39, 0.29) is 5.56 Å². The molecule has 0 unspecified atom stereocenters. The predicted octanol–water partition coefficient (Wildman–Crippen LogP) is 3.95. The minimum absolute atomic E-state index is 0.267. The number of carbonyl (C=O) groups excluding carboxylic acids is 1. The maximum atomic E-state index is 12.9. The van der Waals surface area contributed by atoms with Crippen molar-refractivity contribution in [3.63, 3.8) is 0 Å². The van der Waals surface area contributed by atoms with Gasteiger partial charge in [0.05, 0.1) is 11.1 Å². The van der Waals surface area contributed by atoms with Gasteiger partial charge in [-0.3, -0.25) is 9.78 Å². The van der Waals surface area contributed by atoms with E-state index in [9.17, 15) is 18.0 Å². The van der Waals surface area contributed by atoms with Gasteiger partial charge < -0.3 is 0 Å². The van der Waals surface area contributed by atoms with Crippen molar-refractivity contribution in [2.24, 2.45) is 0 Å². The van der Waals surface area contributed by atoms with Crippen molar-refractivity contribution in [2.45, 2.75) is 20.0 Å². The molecule has 104 valence electrons. The van der Waals surface area contributed by atoms with Gasteiger partial charge in [-0.1, -0.05) is 18.2 Å². The summed E-state index contributed by atoms with van der Waals surface area (Å²) in [5.74, 6) is -0.661. The summed E-state index contributed by atoms with van der Waals surface area (Å²) in [4.78, 5) is 16.0. The van der Waals surface area contributed by atoms with Gasteiger partial charge in [0.2, 0.25) is 0 Å². The lowest BCUT2D eigenvalue weighted by Gasteiger charge is -2.13. The quantitative estimate of drug-likeness (QED) is 0.779. The minimum Gasteiger partial charge on any atom is -0.289 e. The molecule has 2 rings (SSSR count). The first-order valence-electron chi connectivity index (χ1n) is 5.94. The monoisotopic (exact) mass is 279 g/mol. The maximum Gasteiger partial charge on any atom is 0.417 e. The van der Waals surface area contributed by atoms with Crippen LogP contribution in [0.25, 0.3) is 0 Å². The number of pyridine rings is 1. The fourth-order valence-corrected chi connectivity index (χ4v) is 1.96. The van der Waals surface area contributed by atoms with Crippen LogP contribution in [0.4, 0.5) is 13.2 Å². The third-order valence-corrected chi connectivity index (χ3v) is 3.22. The lowest BCUT2D eigenvalue weighted by atomic mass is 9.94. The molecule has 0 saturated carbocycles. The van der Waals surface area contributed by atoms with Gasteiger partial charge in [-0.15, -0.1) is 0 Å². The highest BCUT2D eigenvalue weighted by atomic mass is 19.4. The summed E-state index contributed by atoms with van der Waals surface area (Å²) in [6, 6.07) is 5.80. The Bertz CT molecular complexity index is 662. The molecule has 0 radical (unpaired) electrons. The van der Waals surface area contributed by atoms with E-state index in [0.29, 0.717) is 5.56 Å². The van der Waals surface area contributed by atoms with Crippen molar-refractivity contribution in [3.05, 3.63) is 64.5 Å². The van der Waals surface area contributed by atoms with Gasteiger partial charge >= 0.3 is 6.18 Å². The Labute approximate surface area is 114 Å². The highest BCUT2D eigenvalue weighted by Gasteiger charge is 2.35. The molecular weight excluding hydrogens is 267 g/mol. The number of hydrogen-bond donors (Lipinski definition) is 0. The van der Waals surface area contributed by atoms with Crippen LogP contribution in [0.1, 0.15) is 32.6 Å². The van der Waals surface area contributed by atoms with Crippen molar-refractivity contribution < 1.29 is 18.0 Å². The van der Waals surface area contributed by atoms with Crippen LogP contribution in [-0.4, -0.2) is 10.8 Å². The average Bonchev–Trinajstić information content (AvgIpc) is 2.40. The number of nitrogens with zero attached hydrogens (tertiary/aromatic N) is 1. The number of alkyl halides is 3. The van der Waals surface area contributed by atoms with Crippen LogP contribution in [0.3, 0.4) is 0 Å². The Balaban J connectivity index is 2.58. The van der Waals surface area contributed by atoms with Gasteiger partial charge in [-0.05, 0) is 31.0 Å².